The van der Waals surface area contributed by atoms with E-state index in [-0.39, 0.29) is 5.78 Å². The summed E-state index contributed by atoms with van der Waals surface area (Å²) in [5, 5.41) is 0.927. The molecule has 1 rings (SSSR count). The van der Waals surface area contributed by atoms with Gasteiger partial charge >= 0.3 is 0 Å². The molecule has 88 valence electrons. The second-order valence-electron chi connectivity index (χ2n) is 4.32. The number of ketones is 1. The first-order valence-electron chi connectivity index (χ1n) is 4.94. The monoisotopic (exact) mass is 260 g/mol. The number of ether oxygens (including phenoxy) is 1. The topological polar surface area (TPSA) is 26.3 Å². The quantitative estimate of drug-likeness (QED) is 0.814. The van der Waals surface area contributed by atoms with E-state index in [9.17, 15) is 4.79 Å². The largest absolute Gasteiger partial charge is 0.487 e. The number of carbonyl (C=O) groups is 1. The van der Waals surface area contributed by atoms with Gasteiger partial charge in [0.2, 0.25) is 0 Å². The average Bonchev–Trinajstić information content (AvgIpc) is 2.08. The molecule has 0 spiro atoms. The number of hydrogen-bond donors (Lipinski definition) is 0. The average molecular weight is 261 g/mol. The molecule has 0 amide bonds. The van der Waals surface area contributed by atoms with Crippen LogP contribution < -0.4 is 4.74 Å². The van der Waals surface area contributed by atoms with Gasteiger partial charge in [-0.25, -0.2) is 0 Å². The maximum Gasteiger partial charge on any atom is 0.133 e. The molecule has 2 nitrogen and oxygen atoms in total. The third-order valence-corrected chi connectivity index (χ3v) is 2.70. The van der Waals surface area contributed by atoms with E-state index in [1.807, 2.05) is 13.8 Å². The van der Waals surface area contributed by atoms with E-state index in [2.05, 4.69) is 0 Å². The number of carbonyl (C=O) groups excluding carboxylic acids is 1. The first kappa shape index (κ1) is 13.3. The summed E-state index contributed by atoms with van der Waals surface area (Å²) in [4.78, 5) is 11.0. The van der Waals surface area contributed by atoms with Gasteiger partial charge in [-0.15, -0.1) is 0 Å². The van der Waals surface area contributed by atoms with Gasteiger partial charge < -0.3 is 4.74 Å². The highest BCUT2D eigenvalue weighted by Gasteiger charge is 2.22. The SMILES string of the molecule is CC(=O)CC(C)(C)Oc1ccc(Cl)c(Cl)c1. The van der Waals surface area contributed by atoms with Crippen LogP contribution in [-0.2, 0) is 4.79 Å². The molecule has 0 radical (unpaired) electrons. The van der Waals surface area contributed by atoms with Gasteiger partial charge in [-0.1, -0.05) is 23.2 Å². The minimum absolute atomic E-state index is 0.0880. The van der Waals surface area contributed by atoms with Crippen LogP contribution in [0.3, 0.4) is 0 Å². The molecule has 0 unspecified atom stereocenters. The lowest BCUT2D eigenvalue weighted by atomic mass is 10.0. The van der Waals surface area contributed by atoms with Gasteiger partial charge in [0.1, 0.15) is 17.1 Å². The Morgan fingerprint density at radius 1 is 1.31 bits per heavy atom. The molecule has 4 heteroatoms. The van der Waals surface area contributed by atoms with Crippen LogP contribution in [0.1, 0.15) is 27.2 Å². The second-order valence-corrected chi connectivity index (χ2v) is 5.13. The van der Waals surface area contributed by atoms with E-state index < -0.39 is 5.60 Å². The molecule has 1 aromatic carbocycles. The summed E-state index contributed by atoms with van der Waals surface area (Å²) in [5.74, 6) is 0.700. The highest BCUT2D eigenvalue weighted by molar-refractivity contribution is 6.42. The fraction of sp³-hybridized carbons (Fsp3) is 0.417. The van der Waals surface area contributed by atoms with E-state index in [4.69, 9.17) is 27.9 Å². The summed E-state index contributed by atoms with van der Waals surface area (Å²) in [6.07, 6.45) is 0.354. The lowest BCUT2D eigenvalue weighted by Gasteiger charge is -2.25. The molecular formula is C12H14Cl2O2. The fourth-order valence-corrected chi connectivity index (χ4v) is 1.78. The molecule has 0 heterocycles. The summed E-state index contributed by atoms with van der Waals surface area (Å²) >= 11 is 11.7. The first-order valence-corrected chi connectivity index (χ1v) is 5.69. The van der Waals surface area contributed by atoms with Crippen molar-refractivity contribution in [2.24, 2.45) is 0 Å². The van der Waals surface area contributed by atoms with E-state index >= 15 is 0 Å². The van der Waals surface area contributed by atoms with Crippen LogP contribution in [0.4, 0.5) is 0 Å². The molecule has 0 saturated heterocycles. The third kappa shape index (κ3) is 4.03. The van der Waals surface area contributed by atoms with E-state index in [0.29, 0.717) is 22.2 Å². The Morgan fingerprint density at radius 3 is 2.44 bits per heavy atom. The standard InChI is InChI=1S/C12H14Cl2O2/c1-8(15)7-12(2,3)16-9-4-5-10(13)11(14)6-9/h4-6H,7H2,1-3H3. The van der Waals surface area contributed by atoms with Crippen LogP contribution in [0, 0.1) is 0 Å². The highest BCUT2D eigenvalue weighted by Crippen LogP contribution is 2.29. The second kappa shape index (κ2) is 5.07. The predicted molar refractivity (Wildman–Crippen MR) is 66.5 cm³/mol. The summed E-state index contributed by atoms with van der Waals surface area (Å²) in [7, 11) is 0. The van der Waals surface area contributed by atoms with Gasteiger partial charge in [0, 0.05) is 12.5 Å². The molecule has 0 atom stereocenters. The van der Waals surface area contributed by atoms with Gasteiger partial charge in [0.05, 0.1) is 10.0 Å². The van der Waals surface area contributed by atoms with Crippen molar-refractivity contribution in [3.8, 4) is 5.75 Å². The molecule has 0 aromatic heterocycles. The third-order valence-electron chi connectivity index (χ3n) is 1.96. The van der Waals surface area contributed by atoms with Gasteiger partial charge in [-0.3, -0.25) is 4.79 Å². The molecule has 16 heavy (non-hydrogen) atoms. The Kier molecular flexibility index (Phi) is 4.22. The minimum atomic E-state index is -0.539. The molecule has 0 bridgehead atoms. The van der Waals surface area contributed by atoms with Crippen molar-refractivity contribution in [1.82, 2.24) is 0 Å². The highest BCUT2D eigenvalue weighted by atomic mass is 35.5. The first-order chi connectivity index (χ1) is 7.30. The molecule has 0 aliphatic rings. The summed E-state index contributed by atoms with van der Waals surface area (Å²) in [6, 6.07) is 5.05. The molecule has 0 fully saturated rings. The van der Waals surface area contributed by atoms with Crippen molar-refractivity contribution in [2.75, 3.05) is 0 Å². The Bertz CT molecular complexity index is 400. The minimum Gasteiger partial charge on any atom is -0.487 e. The van der Waals surface area contributed by atoms with Crippen molar-refractivity contribution in [2.45, 2.75) is 32.8 Å². The van der Waals surface area contributed by atoms with E-state index in [1.54, 1.807) is 25.1 Å². The molecule has 1 aromatic rings. The number of Topliss-reactive ketones (excluding diaryl/α,β-unsaturated/α-hetero) is 1. The van der Waals surface area contributed by atoms with Crippen LogP contribution in [0.5, 0.6) is 5.75 Å². The maximum absolute atomic E-state index is 11.0. The summed E-state index contributed by atoms with van der Waals surface area (Å²) < 4.78 is 5.68. The normalized spacial score (nSPS) is 11.3. The Balaban J connectivity index is 2.79. The Labute approximate surface area is 106 Å². The predicted octanol–water partition coefficient (Wildman–Crippen LogP) is 4.13. The van der Waals surface area contributed by atoms with E-state index in [0.717, 1.165) is 0 Å². The van der Waals surface area contributed by atoms with Crippen molar-refractivity contribution >= 4 is 29.0 Å². The van der Waals surface area contributed by atoms with Gasteiger partial charge in [0.15, 0.2) is 0 Å². The molecule has 0 aliphatic carbocycles. The van der Waals surface area contributed by atoms with Gasteiger partial charge in [0.25, 0.3) is 0 Å². The summed E-state index contributed by atoms with van der Waals surface area (Å²) in [6.45, 7) is 5.26. The molecule has 0 saturated carbocycles. The van der Waals surface area contributed by atoms with Gasteiger partial charge in [-0.05, 0) is 32.9 Å². The lowest BCUT2D eigenvalue weighted by molar-refractivity contribution is -0.120. The smallest absolute Gasteiger partial charge is 0.133 e. The number of halogens is 2. The number of rotatable bonds is 4. The lowest BCUT2D eigenvalue weighted by Crippen LogP contribution is -2.30. The van der Waals surface area contributed by atoms with E-state index in [1.165, 1.54) is 0 Å². The zero-order chi connectivity index (χ0) is 12.3. The zero-order valence-electron chi connectivity index (χ0n) is 9.51. The van der Waals surface area contributed by atoms with Crippen LogP contribution >= 0.6 is 23.2 Å². The van der Waals surface area contributed by atoms with Crippen molar-refractivity contribution < 1.29 is 9.53 Å². The van der Waals surface area contributed by atoms with Crippen LogP contribution in [0.25, 0.3) is 0 Å². The molecular weight excluding hydrogens is 247 g/mol. The zero-order valence-corrected chi connectivity index (χ0v) is 11.0. The molecule has 0 aliphatic heterocycles. The number of hydrogen-bond acceptors (Lipinski definition) is 2. The Hall–Kier alpha value is -0.730. The van der Waals surface area contributed by atoms with Crippen LogP contribution in [-0.4, -0.2) is 11.4 Å². The van der Waals surface area contributed by atoms with Crippen molar-refractivity contribution in [3.63, 3.8) is 0 Å². The van der Waals surface area contributed by atoms with Crippen molar-refractivity contribution in [1.29, 1.82) is 0 Å². The van der Waals surface area contributed by atoms with Crippen LogP contribution in [0.2, 0.25) is 10.0 Å². The van der Waals surface area contributed by atoms with Crippen molar-refractivity contribution in [3.05, 3.63) is 28.2 Å². The number of benzene rings is 1. The summed E-state index contributed by atoms with van der Waals surface area (Å²) in [5.41, 5.74) is -0.539. The van der Waals surface area contributed by atoms with Crippen LogP contribution in [0.15, 0.2) is 18.2 Å². The fourth-order valence-electron chi connectivity index (χ4n) is 1.49. The Morgan fingerprint density at radius 2 is 1.94 bits per heavy atom. The maximum atomic E-state index is 11.0. The molecule has 0 N–H and O–H groups in total. The van der Waals surface area contributed by atoms with Gasteiger partial charge in [-0.2, -0.15) is 0 Å².